The maximum absolute atomic E-state index is 10.6. The first-order chi connectivity index (χ1) is 6.09. The van der Waals surface area contributed by atoms with Crippen molar-refractivity contribution in [3.8, 4) is 5.75 Å². The van der Waals surface area contributed by atoms with E-state index >= 15 is 0 Å². The molecule has 1 unspecified atom stereocenters. The lowest BCUT2D eigenvalue weighted by molar-refractivity contribution is -0.131. The van der Waals surface area contributed by atoms with Gasteiger partial charge in [-0.3, -0.25) is 4.79 Å². The van der Waals surface area contributed by atoms with Crippen molar-refractivity contribution in [1.82, 2.24) is 0 Å². The molecule has 1 aromatic carbocycles. The molecule has 0 saturated carbocycles. The number of esters is 1. The molecule has 0 radical (unpaired) electrons. The number of benzene rings is 1. The Hall–Kier alpha value is -0.230. The second-order valence-corrected chi connectivity index (χ2v) is 8.38. The molecule has 0 spiro atoms. The molecule has 0 heterocycles. The van der Waals surface area contributed by atoms with Gasteiger partial charge >= 0.3 is 5.97 Å². The molecule has 1 aromatic rings. The van der Waals surface area contributed by atoms with Gasteiger partial charge in [0.15, 0.2) is 0 Å². The molecule has 1 atom stereocenters. The van der Waals surface area contributed by atoms with Crippen LogP contribution in [0.15, 0.2) is 29.2 Å². The predicted octanol–water partition coefficient (Wildman–Crippen LogP) is 2.95. The Morgan fingerprint density at radius 1 is 1.38 bits per heavy atom. The Labute approximate surface area is 92.6 Å². The zero-order valence-electron chi connectivity index (χ0n) is 7.45. The van der Waals surface area contributed by atoms with Crippen molar-refractivity contribution in [3.05, 3.63) is 24.3 Å². The number of hydrogen-bond acceptors (Lipinski definition) is 2. The van der Waals surface area contributed by atoms with Gasteiger partial charge < -0.3 is 4.74 Å². The summed E-state index contributed by atoms with van der Waals surface area (Å²) >= 11 is 2.40. The standard InChI is InChI=1S/C9H11IO2S/c1-7(11)12-8-3-5-9(6-4-8)13(2)10/h3-6,13H,1-2H3. The van der Waals surface area contributed by atoms with Crippen LogP contribution in [-0.4, -0.2) is 12.2 Å². The van der Waals surface area contributed by atoms with Crippen LogP contribution in [0.25, 0.3) is 0 Å². The molecule has 0 fully saturated rings. The largest absolute Gasteiger partial charge is 0.427 e. The molecule has 0 aliphatic heterocycles. The fraction of sp³-hybridized carbons (Fsp3) is 0.222. The smallest absolute Gasteiger partial charge is 0.308 e. The number of rotatable bonds is 2. The molecule has 72 valence electrons. The third kappa shape index (κ3) is 3.56. The zero-order chi connectivity index (χ0) is 9.84. The van der Waals surface area contributed by atoms with Gasteiger partial charge in [-0.2, -0.15) is 8.07 Å². The Morgan fingerprint density at radius 2 is 1.92 bits per heavy atom. The summed E-state index contributed by atoms with van der Waals surface area (Å²) in [6, 6.07) is 7.65. The fourth-order valence-corrected chi connectivity index (χ4v) is 2.41. The summed E-state index contributed by atoms with van der Waals surface area (Å²) in [5.41, 5.74) is 0. The van der Waals surface area contributed by atoms with E-state index in [4.69, 9.17) is 4.74 Å². The molecule has 1 rings (SSSR count). The van der Waals surface area contributed by atoms with Crippen LogP contribution in [0.3, 0.4) is 0 Å². The Balaban J connectivity index is 2.75. The monoisotopic (exact) mass is 310 g/mol. The minimum absolute atomic E-state index is 0.0988. The summed E-state index contributed by atoms with van der Waals surface area (Å²) in [4.78, 5) is 11.9. The number of hydrogen-bond donors (Lipinski definition) is 1. The van der Waals surface area contributed by atoms with E-state index in [1.54, 1.807) is 0 Å². The highest BCUT2D eigenvalue weighted by Crippen LogP contribution is 2.40. The van der Waals surface area contributed by atoms with E-state index in [9.17, 15) is 4.79 Å². The maximum Gasteiger partial charge on any atom is 0.308 e. The average molecular weight is 310 g/mol. The van der Waals surface area contributed by atoms with Crippen LogP contribution in [0.5, 0.6) is 5.75 Å². The van der Waals surface area contributed by atoms with E-state index in [0.29, 0.717) is 5.75 Å². The Kier molecular flexibility index (Phi) is 4.05. The zero-order valence-corrected chi connectivity index (χ0v) is 10.5. The Bertz CT molecular complexity index is 295. The van der Waals surface area contributed by atoms with Gasteiger partial charge in [0, 0.05) is 6.92 Å². The second-order valence-electron chi connectivity index (χ2n) is 2.56. The average Bonchev–Trinajstić information content (AvgIpc) is 2.04. The number of carbonyl (C=O) groups is 1. The first kappa shape index (κ1) is 10.8. The lowest BCUT2D eigenvalue weighted by Gasteiger charge is -2.07. The first-order valence-corrected chi connectivity index (χ1v) is 8.35. The predicted molar refractivity (Wildman–Crippen MR) is 64.9 cm³/mol. The van der Waals surface area contributed by atoms with Crippen molar-refractivity contribution in [1.29, 1.82) is 0 Å². The van der Waals surface area contributed by atoms with Gasteiger partial charge in [-0.25, -0.2) is 0 Å². The molecule has 0 N–H and O–H groups in total. The normalized spacial score (nSPS) is 13.6. The van der Waals surface area contributed by atoms with Crippen molar-refractivity contribution >= 4 is 35.2 Å². The molecule has 0 aliphatic rings. The summed E-state index contributed by atoms with van der Waals surface area (Å²) in [5.74, 6) is 0.338. The van der Waals surface area contributed by atoms with E-state index in [-0.39, 0.29) is 14.0 Å². The summed E-state index contributed by atoms with van der Waals surface area (Å²) in [6.45, 7) is 1.40. The van der Waals surface area contributed by atoms with Gasteiger partial charge in [-0.05, 0) is 56.6 Å². The van der Waals surface area contributed by atoms with Crippen molar-refractivity contribution in [2.24, 2.45) is 0 Å². The van der Waals surface area contributed by atoms with Crippen molar-refractivity contribution < 1.29 is 9.53 Å². The topological polar surface area (TPSA) is 26.3 Å². The number of halogens is 1. The maximum atomic E-state index is 10.6. The summed E-state index contributed by atoms with van der Waals surface area (Å²) in [7, 11) is -0.0988. The molecular formula is C9H11IO2S. The minimum atomic E-state index is -0.277. The van der Waals surface area contributed by atoms with Gasteiger partial charge in [0.05, 0.1) is 0 Å². The molecule has 0 amide bonds. The van der Waals surface area contributed by atoms with Gasteiger partial charge in [0.2, 0.25) is 0 Å². The van der Waals surface area contributed by atoms with Crippen LogP contribution in [0.4, 0.5) is 0 Å². The van der Waals surface area contributed by atoms with E-state index in [0.717, 1.165) is 0 Å². The van der Waals surface area contributed by atoms with Crippen molar-refractivity contribution in [3.63, 3.8) is 0 Å². The van der Waals surface area contributed by atoms with E-state index in [2.05, 4.69) is 27.5 Å². The highest BCUT2D eigenvalue weighted by atomic mass is 127. The summed E-state index contributed by atoms with van der Waals surface area (Å²) in [5, 5.41) is 0. The number of thiol groups is 1. The lowest BCUT2D eigenvalue weighted by atomic mass is 10.3. The molecule has 0 saturated heterocycles. The van der Waals surface area contributed by atoms with Crippen LogP contribution in [-0.2, 0) is 4.79 Å². The molecule has 13 heavy (non-hydrogen) atoms. The first-order valence-electron chi connectivity index (χ1n) is 3.77. The molecule has 0 bridgehead atoms. The number of ether oxygens (including phenoxy) is 1. The van der Waals surface area contributed by atoms with Crippen molar-refractivity contribution in [2.75, 3.05) is 6.26 Å². The third-order valence-electron chi connectivity index (χ3n) is 1.45. The highest BCUT2D eigenvalue weighted by Gasteiger charge is 1.99. The minimum Gasteiger partial charge on any atom is -0.427 e. The van der Waals surface area contributed by atoms with Gasteiger partial charge in [-0.15, -0.1) is 0 Å². The molecule has 0 aliphatic carbocycles. The molecule has 0 aromatic heterocycles. The summed E-state index contributed by atoms with van der Waals surface area (Å²) in [6.07, 6.45) is 2.18. The van der Waals surface area contributed by atoms with Gasteiger partial charge in [0.25, 0.3) is 0 Å². The van der Waals surface area contributed by atoms with E-state index in [1.165, 1.54) is 11.8 Å². The van der Waals surface area contributed by atoms with E-state index in [1.807, 2.05) is 24.3 Å². The van der Waals surface area contributed by atoms with Crippen LogP contribution in [0.1, 0.15) is 6.92 Å². The molecule has 4 heteroatoms. The third-order valence-corrected chi connectivity index (χ3v) is 4.14. The second kappa shape index (κ2) is 4.85. The molecular weight excluding hydrogens is 299 g/mol. The van der Waals surface area contributed by atoms with Crippen LogP contribution >= 0.6 is 29.3 Å². The lowest BCUT2D eigenvalue weighted by Crippen LogP contribution is -2.00. The van der Waals surface area contributed by atoms with E-state index < -0.39 is 0 Å². The van der Waals surface area contributed by atoms with Crippen LogP contribution in [0, 0.1) is 0 Å². The number of carbonyl (C=O) groups excluding carboxylic acids is 1. The fourth-order valence-electron chi connectivity index (χ4n) is 0.886. The Morgan fingerprint density at radius 3 is 2.31 bits per heavy atom. The molecule has 2 nitrogen and oxygen atoms in total. The highest BCUT2D eigenvalue weighted by molar-refractivity contribution is 14.2. The quantitative estimate of drug-likeness (QED) is 0.393. The van der Waals surface area contributed by atoms with Crippen LogP contribution < -0.4 is 4.74 Å². The van der Waals surface area contributed by atoms with Gasteiger partial charge in [-0.1, -0.05) is 0 Å². The summed E-state index contributed by atoms with van der Waals surface area (Å²) < 4.78 is 4.91. The van der Waals surface area contributed by atoms with Crippen LogP contribution in [0.2, 0.25) is 0 Å². The SMILES string of the molecule is CC(=O)Oc1ccc([SH](C)I)cc1. The van der Waals surface area contributed by atoms with Crippen molar-refractivity contribution in [2.45, 2.75) is 11.8 Å². The van der Waals surface area contributed by atoms with Gasteiger partial charge in [0.1, 0.15) is 5.75 Å².